The van der Waals surface area contributed by atoms with Crippen LogP contribution in [0.2, 0.25) is 0 Å². The van der Waals surface area contributed by atoms with Gasteiger partial charge in [0.1, 0.15) is 0 Å². The van der Waals surface area contributed by atoms with Crippen molar-refractivity contribution in [3.05, 3.63) is 309 Å². The molecular weight excluding hydrogens is 1060 g/mol. The zero-order valence-electron chi connectivity index (χ0n) is 48.8. The highest BCUT2D eigenvalue weighted by molar-refractivity contribution is 7.00. The van der Waals surface area contributed by atoms with Gasteiger partial charge in [0.25, 0.3) is 6.71 Å². The highest BCUT2D eigenvalue weighted by atomic mass is 15.2. The molecule has 0 radical (unpaired) electrons. The number of fused-ring (bicyclic) bond motifs is 12. The minimum Gasteiger partial charge on any atom is -0.311 e. The Kier molecular flexibility index (Phi) is 11.2. The van der Waals surface area contributed by atoms with Gasteiger partial charge in [-0.15, -0.1) is 0 Å². The normalized spacial score (nSPS) is 12.7. The van der Waals surface area contributed by atoms with Gasteiger partial charge in [0.05, 0.1) is 22.1 Å². The van der Waals surface area contributed by atoms with Gasteiger partial charge in [-0.1, -0.05) is 226 Å². The molecule has 4 heterocycles. The molecule has 4 nitrogen and oxygen atoms in total. The molecule has 0 saturated heterocycles. The van der Waals surface area contributed by atoms with Crippen molar-refractivity contribution in [2.75, 3.05) is 9.80 Å². The van der Waals surface area contributed by atoms with Crippen LogP contribution in [-0.2, 0) is 0 Å². The number of hydrogen-bond donors (Lipinski definition) is 0. The minimum absolute atomic E-state index is 0.123. The summed E-state index contributed by atoms with van der Waals surface area (Å²) in [5.41, 5.74) is 26.2. The van der Waals surface area contributed by atoms with Gasteiger partial charge in [0.2, 0.25) is 0 Å². The van der Waals surface area contributed by atoms with Crippen molar-refractivity contribution < 1.29 is 0 Å². The Balaban J connectivity index is 0.944. The van der Waals surface area contributed by atoms with Crippen molar-refractivity contribution in [1.82, 2.24) is 9.13 Å². The molecule has 2 aliphatic rings. The molecule has 0 bridgehead atoms. The van der Waals surface area contributed by atoms with Gasteiger partial charge in [-0.2, -0.15) is 0 Å². The van der Waals surface area contributed by atoms with Crippen molar-refractivity contribution in [2.45, 2.75) is 19.8 Å². The van der Waals surface area contributed by atoms with Gasteiger partial charge in [-0.3, -0.25) is 0 Å². The maximum absolute atomic E-state index is 2.57. The molecule has 0 fully saturated rings. The van der Waals surface area contributed by atoms with Gasteiger partial charge in [-0.05, 0) is 174 Å². The summed E-state index contributed by atoms with van der Waals surface area (Å²) in [6.07, 6.45) is 0. The molecule has 14 aromatic carbocycles. The second kappa shape index (κ2) is 19.7. The maximum atomic E-state index is 2.57. The first-order valence-electron chi connectivity index (χ1n) is 30.8. The molecule has 0 spiro atoms. The summed E-state index contributed by atoms with van der Waals surface area (Å²) in [6.45, 7) is 4.55. The second-order valence-electron chi connectivity index (χ2n) is 24.1. The van der Waals surface area contributed by atoms with Crippen LogP contribution < -0.4 is 26.2 Å². The average Bonchev–Trinajstić information content (AvgIpc) is 0.906. The number of benzene rings is 14. The summed E-state index contributed by atoms with van der Waals surface area (Å²) in [6, 6.07) is 114. The molecule has 412 valence electrons. The van der Waals surface area contributed by atoms with Crippen LogP contribution in [-0.4, -0.2) is 15.8 Å². The molecule has 0 saturated carbocycles. The Bertz CT molecular complexity index is 5110. The molecule has 5 heteroatoms. The third-order valence-corrected chi connectivity index (χ3v) is 19.0. The van der Waals surface area contributed by atoms with E-state index in [9.17, 15) is 0 Å². The molecule has 2 aromatic heterocycles. The molecule has 2 aliphatic heterocycles. The van der Waals surface area contributed by atoms with E-state index in [0.29, 0.717) is 0 Å². The lowest BCUT2D eigenvalue weighted by molar-refractivity contribution is 0.867. The van der Waals surface area contributed by atoms with E-state index in [4.69, 9.17) is 0 Å². The van der Waals surface area contributed by atoms with E-state index in [0.717, 1.165) is 51.1 Å². The SMILES string of the molecule is CC(C)c1cc(-c2cc3c4c(c2)N(c2ccccc2)c2cc(-n5c6ccccc6c6ccccc65)ccc2B4c2ccc(-n4c5ccccc5c5ccccc54)cc2N3c2ccccc2)cc(-c2c3ccccc3c(-c3ccccc3)c3ccccc23)c1. The first-order chi connectivity index (χ1) is 43.5. The van der Waals surface area contributed by atoms with Crippen molar-refractivity contribution in [1.29, 1.82) is 0 Å². The smallest absolute Gasteiger partial charge is 0.252 e. The Morgan fingerprint density at radius 1 is 0.261 bits per heavy atom. The van der Waals surface area contributed by atoms with E-state index in [2.05, 4.69) is 336 Å². The number of rotatable bonds is 8. The lowest BCUT2D eigenvalue weighted by Crippen LogP contribution is -2.61. The highest BCUT2D eigenvalue weighted by Crippen LogP contribution is 2.50. The fourth-order valence-electron chi connectivity index (χ4n) is 15.2. The van der Waals surface area contributed by atoms with Crippen LogP contribution >= 0.6 is 0 Å². The van der Waals surface area contributed by atoms with Gasteiger partial charge in [0.15, 0.2) is 0 Å². The number of aromatic nitrogens is 2. The molecule has 0 atom stereocenters. The van der Waals surface area contributed by atoms with Crippen LogP contribution in [0.3, 0.4) is 0 Å². The monoisotopic (exact) mass is 1120 g/mol. The minimum atomic E-state index is -0.123. The summed E-state index contributed by atoms with van der Waals surface area (Å²) in [7, 11) is 0. The predicted molar refractivity (Wildman–Crippen MR) is 375 cm³/mol. The largest absolute Gasteiger partial charge is 0.311 e. The van der Waals surface area contributed by atoms with Crippen LogP contribution in [0.4, 0.5) is 34.1 Å². The zero-order valence-corrected chi connectivity index (χ0v) is 48.8. The van der Waals surface area contributed by atoms with Crippen LogP contribution in [0.25, 0.3) is 110 Å². The quantitative estimate of drug-likeness (QED) is 0.111. The van der Waals surface area contributed by atoms with Crippen molar-refractivity contribution in [3.8, 4) is 44.8 Å². The summed E-state index contributed by atoms with van der Waals surface area (Å²) >= 11 is 0. The van der Waals surface area contributed by atoms with Crippen LogP contribution in [0.15, 0.2) is 303 Å². The molecule has 0 N–H and O–H groups in total. The number of hydrogen-bond acceptors (Lipinski definition) is 2. The molecule has 0 amide bonds. The van der Waals surface area contributed by atoms with E-state index >= 15 is 0 Å². The van der Waals surface area contributed by atoms with Crippen molar-refractivity contribution >= 4 is 122 Å². The zero-order chi connectivity index (χ0) is 58.1. The van der Waals surface area contributed by atoms with E-state index in [1.807, 2.05) is 0 Å². The van der Waals surface area contributed by atoms with Crippen molar-refractivity contribution in [3.63, 3.8) is 0 Å². The first-order valence-corrected chi connectivity index (χ1v) is 30.8. The Morgan fingerprint density at radius 3 is 1.01 bits per heavy atom. The topological polar surface area (TPSA) is 16.3 Å². The third kappa shape index (κ3) is 7.53. The number of para-hydroxylation sites is 6. The maximum Gasteiger partial charge on any atom is 0.252 e. The number of nitrogens with zero attached hydrogens (tertiary/aromatic N) is 4. The van der Waals surface area contributed by atoms with E-state index in [1.165, 1.54) is 115 Å². The molecular formula is C83H57BN4. The molecule has 0 aliphatic carbocycles. The van der Waals surface area contributed by atoms with Crippen LogP contribution in [0.5, 0.6) is 0 Å². The predicted octanol–water partition coefficient (Wildman–Crippen LogP) is 20.4. The molecule has 88 heavy (non-hydrogen) atoms. The average molecular weight is 1120 g/mol. The summed E-state index contributed by atoms with van der Waals surface area (Å²) in [5, 5.41) is 9.95. The Morgan fingerprint density at radius 2 is 0.602 bits per heavy atom. The lowest BCUT2D eigenvalue weighted by Gasteiger charge is -2.44. The molecule has 0 unspecified atom stereocenters. The first kappa shape index (κ1) is 50.2. The van der Waals surface area contributed by atoms with E-state index in [1.54, 1.807) is 0 Å². The Labute approximate surface area is 511 Å². The standard InChI is InChI=1S/C83H57BN4/c1-53(2)55-46-56(48-58(47-55)82-69-36-14-12-34-67(69)81(54-24-6-3-7-25-54)68-35-13-15-37-70(68)82)57-49-79-83-80(50-57)86(60-28-10-5-11-29-60)78-52-62(88-75-40-22-18-32-65(75)66-33-19-23-41-76(66)88)43-45-72(78)84(83)71-44-42-61(51-77(71)85(79)59-26-8-4-9-27-59)87-73-38-20-16-30-63(73)64-31-17-21-39-74(64)87/h3-53H,1-2H3. The molecule has 16 aromatic rings. The van der Waals surface area contributed by atoms with Gasteiger partial charge >= 0.3 is 0 Å². The fraction of sp³-hybridized carbons (Fsp3) is 0.0361. The molecule has 18 rings (SSSR count). The lowest BCUT2D eigenvalue weighted by atomic mass is 9.33. The highest BCUT2D eigenvalue weighted by Gasteiger charge is 2.44. The third-order valence-electron chi connectivity index (χ3n) is 19.0. The van der Waals surface area contributed by atoms with Crippen LogP contribution in [0, 0.1) is 0 Å². The number of anilines is 6. The second-order valence-corrected chi connectivity index (χ2v) is 24.1. The van der Waals surface area contributed by atoms with E-state index in [-0.39, 0.29) is 12.6 Å². The summed E-state index contributed by atoms with van der Waals surface area (Å²) in [5.74, 6) is 0.249. The summed E-state index contributed by atoms with van der Waals surface area (Å²) in [4.78, 5) is 5.14. The Hall–Kier alpha value is -11.1. The summed E-state index contributed by atoms with van der Waals surface area (Å²) < 4.78 is 4.93. The van der Waals surface area contributed by atoms with Gasteiger partial charge in [-0.25, -0.2) is 0 Å². The van der Waals surface area contributed by atoms with E-state index < -0.39 is 0 Å². The van der Waals surface area contributed by atoms with Crippen LogP contribution in [0.1, 0.15) is 25.3 Å². The fourth-order valence-corrected chi connectivity index (χ4v) is 15.2. The van der Waals surface area contributed by atoms with Gasteiger partial charge < -0.3 is 18.9 Å². The van der Waals surface area contributed by atoms with Gasteiger partial charge in [0, 0.05) is 67.0 Å². The van der Waals surface area contributed by atoms with Crippen molar-refractivity contribution in [2.24, 2.45) is 0 Å².